The van der Waals surface area contributed by atoms with E-state index in [2.05, 4.69) is 29.6 Å². The number of amides is 1. The molecule has 0 radical (unpaired) electrons. The summed E-state index contributed by atoms with van der Waals surface area (Å²) in [5.41, 5.74) is 0.632. The summed E-state index contributed by atoms with van der Waals surface area (Å²) in [5.74, 6) is 0.0813. The van der Waals surface area contributed by atoms with Crippen molar-refractivity contribution in [2.24, 2.45) is 0 Å². The van der Waals surface area contributed by atoms with E-state index in [0.717, 1.165) is 5.30 Å². The van der Waals surface area contributed by atoms with Gasteiger partial charge >= 0.3 is 0 Å². The maximum atomic E-state index is 12.4. The lowest BCUT2D eigenvalue weighted by Gasteiger charge is -2.26. The zero-order valence-corrected chi connectivity index (χ0v) is 17.2. The van der Waals surface area contributed by atoms with E-state index in [1.807, 2.05) is 67.6 Å². The van der Waals surface area contributed by atoms with Crippen LogP contribution >= 0.6 is 7.26 Å². The van der Waals surface area contributed by atoms with Crippen molar-refractivity contribution >= 4 is 34.9 Å². The molecule has 1 amide bonds. The maximum absolute atomic E-state index is 12.4. The van der Waals surface area contributed by atoms with Gasteiger partial charge in [0.1, 0.15) is 29.3 Å². The van der Waals surface area contributed by atoms with Crippen LogP contribution in [0.3, 0.4) is 0 Å². The largest absolute Gasteiger partial charge is 0.352 e. The first-order valence-electron chi connectivity index (χ1n) is 9.45. The van der Waals surface area contributed by atoms with E-state index >= 15 is 0 Å². The Hall–Kier alpha value is -2.77. The fraction of sp³-hybridized carbons (Fsp3) is 0.167. The lowest BCUT2D eigenvalue weighted by molar-refractivity contribution is -0.114. The molecule has 0 saturated heterocycles. The number of Topliss-reactive ketones (excluding diaryl/α,β-unsaturated/α-hetero) is 1. The topological polar surface area (TPSA) is 46.2 Å². The highest BCUT2D eigenvalue weighted by Crippen LogP contribution is 2.55. The van der Waals surface area contributed by atoms with Gasteiger partial charge in [-0.15, -0.1) is 0 Å². The predicted molar refractivity (Wildman–Crippen MR) is 119 cm³/mol. The van der Waals surface area contributed by atoms with E-state index in [0.29, 0.717) is 18.3 Å². The molecular weight excluding hydrogens is 365 g/mol. The summed E-state index contributed by atoms with van der Waals surface area (Å²) < 4.78 is 0. The third-order valence-electron chi connectivity index (χ3n) is 4.76. The van der Waals surface area contributed by atoms with Gasteiger partial charge in [0.2, 0.25) is 0 Å². The van der Waals surface area contributed by atoms with Crippen molar-refractivity contribution in [3.63, 3.8) is 0 Å². The van der Waals surface area contributed by atoms with Crippen molar-refractivity contribution in [3.8, 4) is 0 Å². The van der Waals surface area contributed by atoms with E-state index in [-0.39, 0.29) is 11.7 Å². The number of hydrogen-bond acceptors (Lipinski definition) is 2. The molecule has 1 N–H and O–H groups in total. The highest BCUT2D eigenvalue weighted by molar-refractivity contribution is 7.96. The molecule has 0 atom stereocenters. The Morgan fingerprint density at radius 2 is 1.21 bits per heavy atom. The first-order chi connectivity index (χ1) is 13.6. The second-order valence-electron chi connectivity index (χ2n) is 6.75. The normalized spacial score (nSPS) is 11.1. The quantitative estimate of drug-likeness (QED) is 0.629. The highest BCUT2D eigenvalue weighted by Gasteiger charge is 2.46. The number of carbonyl (C=O) groups is 2. The molecule has 0 aliphatic carbocycles. The minimum absolute atomic E-state index is 0.0797. The van der Waals surface area contributed by atoms with Crippen molar-refractivity contribution in [1.29, 1.82) is 0 Å². The van der Waals surface area contributed by atoms with Gasteiger partial charge < -0.3 is 5.32 Å². The van der Waals surface area contributed by atoms with Crippen LogP contribution in [0.15, 0.2) is 84.9 Å². The zero-order valence-electron chi connectivity index (χ0n) is 16.3. The van der Waals surface area contributed by atoms with Gasteiger partial charge in [0, 0.05) is 12.1 Å². The third-order valence-corrected chi connectivity index (χ3v) is 9.22. The summed E-state index contributed by atoms with van der Waals surface area (Å²) in [5, 5.41) is 6.27. The number of carbonyl (C=O) groups excluding carboxylic acids is 2. The van der Waals surface area contributed by atoms with Gasteiger partial charge in [0.25, 0.3) is 5.91 Å². The average molecular weight is 390 g/mol. The van der Waals surface area contributed by atoms with Gasteiger partial charge in [-0.1, -0.05) is 36.4 Å². The van der Waals surface area contributed by atoms with Gasteiger partial charge in [-0.2, -0.15) is 0 Å². The lowest BCUT2D eigenvalue weighted by atomic mass is 10.2. The molecule has 0 spiro atoms. The van der Waals surface area contributed by atoms with Crippen LogP contribution < -0.4 is 21.2 Å². The molecule has 3 nitrogen and oxygen atoms in total. The monoisotopic (exact) mass is 390 g/mol. The fourth-order valence-corrected chi connectivity index (χ4v) is 7.68. The predicted octanol–water partition coefficient (Wildman–Crippen LogP) is 3.32. The lowest BCUT2D eigenvalue weighted by Crippen LogP contribution is -2.35. The van der Waals surface area contributed by atoms with Gasteiger partial charge in [0.15, 0.2) is 5.78 Å². The minimum Gasteiger partial charge on any atom is -0.352 e. The Morgan fingerprint density at radius 3 is 1.64 bits per heavy atom. The SMILES string of the molecule is CCNC(=O)c1ccc([P+](CC(C)=O)(c2ccccc2)c2ccccc2)cc1. The van der Waals surface area contributed by atoms with Crippen molar-refractivity contribution in [2.45, 2.75) is 13.8 Å². The summed E-state index contributed by atoms with van der Waals surface area (Å²) in [6.45, 7) is 4.15. The Morgan fingerprint density at radius 1 is 0.750 bits per heavy atom. The van der Waals surface area contributed by atoms with Crippen LogP contribution in [0, 0.1) is 0 Å². The standard InChI is InChI=1S/C24H24NO2P/c1-3-25-24(27)20-14-16-23(17-15-20)28(18-19(2)26,21-10-6-4-7-11-21)22-12-8-5-9-13-22/h4-17H,3,18H2,1-2H3/p+1. The van der Waals surface area contributed by atoms with Gasteiger partial charge in [-0.3, -0.25) is 9.59 Å². The summed E-state index contributed by atoms with van der Waals surface area (Å²) >= 11 is 0. The van der Waals surface area contributed by atoms with Crippen LogP contribution in [0.1, 0.15) is 24.2 Å². The van der Waals surface area contributed by atoms with E-state index in [1.165, 1.54) is 10.6 Å². The molecule has 3 rings (SSSR count). The third kappa shape index (κ3) is 4.05. The summed E-state index contributed by atoms with van der Waals surface area (Å²) in [4.78, 5) is 24.6. The average Bonchev–Trinajstić information content (AvgIpc) is 2.73. The summed E-state index contributed by atoms with van der Waals surface area (Å²) in [6.07, 6.45) is 0.460. The van der Waals surface area contributed by atoms with E-state index in [9.17, 15) is 9.59 Å². The molecule has 3 aromatic carbocycles. The molecule has 0 aromatic heterocycles. The zero-order chi connectivity index (χ0) is 20.0. The molecule has 0 fully saturated rings. The van der Waals surface area contributed by atoms with Crippen LogP contribution in [0.4, 0.5) is 0 Å². The highest BCUT2D eigenvalue weighted by atomic mass is 31.2. The molecule has 142 valence electrons. The molecule has 4 heteroatoms. The van der Waals surface area contributed by atoms with Gasteiger partial charge in [-0.05, 0) is 62.4 Å². The van der Waals surface area contributed by atoms with Gasteiger partial charge in [0.05, 0.1) is 0 Å². The molecule has 0 aliphatic rings. The van der Waals surface area contributed by atoms with Crippen molar-refractivity contribution in [3.05, 3.63) is 90.5 Å². The van der Waals surface area contributed by atoms with Crippen LogP contribution in [0.2, 0.25) is 0 Å². The maximum Gasteiger partial charge on any atom is 0.251 e. The van der Waals surface area contributed by atoms with Crippen LogP contribution in [-0.4, -0.2) is 24.4 Å². The molecular formula is C24H25NO2P+. The molecule has 0 heterocycles. The molecule has 0 saturated carbocycles. The minimum atomic E-state index is -2.16. The molecule has 0 aliphatic heterocycles. The molecule has 28 heavy (non-hydrogen) atoms. The van der Waals surface area contributed by atoms with Crippen LogP contribution in [-0.2, 0) is 4.79 Å². The Balaban J connectivity index is 2.21. The Labute approximate surface area is 167 Å². The Bertz CT molecular complexity index is 898. The van der Waals surface area contributed by atoms with E-state index in [1.54, 1.807) is 6.92 Å². The smallest absolute Gasteiger partial charge is 0.251 e. The number of rotatable bonds is 7. The number of hydrogen-bond donors (Lipinski definition) is 1. The van der Waals surface area contributed by atoms with Crippen molar-refractivity contribution in [1.82, 2.24) is 5.32 Å². The summed E-state index contributed by atoms with van der Waals surface area (Å²) in [6, 6.07) is 28.3. The second-order valence-corrected chi connectivity index (χ2v) is 10.2. The Kier molecular flexibility index (Phi) is 6.38. The number of benzene rings is 3. The molecule has 0 bridgehead atoms. The second kappa shape index (κ2) is 8.95. The number of nitrogens with one attached hydrogen (secondary N) is 1. The first-order valence-corrected chi connectivity index (χ1v) is 11.4. The van der Waals surface area contributed by atoms with E-state index in [4.69, 9.17) is 0 Å². The fourth-order valence-electron chi connectivity index (χ4n) is 3.55. The van der Waals surface area contributed by atoms with Crippen LogP contribution in [0.5, 0.6) is 0 Å². The van der Waals surface area contributed by atoms with Crippen molar-refractivity contribution < 1.29 is 9.59 Å². The number of ketones is 1. The first kappa shape index (κ1) is 20.0. The molecule has 3 aromatic rings. The van der Waals surface area contributed by atoms with Gasteiger partial charge in [-0.25, -0.2) is 0 Å². The van der Waals surface area contributed by atoms with Crippen LogP contribution in [0.25, 0.3) is 0 Å². The van der Waals surface area contributed by atoms with E-state index < -0.39 is 7.26 Å². The summed E-state index contributed by atoms with van der Waals surface area (Å²) in [7, 11) is -2.16. The molecule has 0 unspecified atom stereocenters. The van der Waals surface area contributed by atoms with Crippen molar-refractivity contribution in [2.75, 3.05) is 12.7 Å².